The summed E-state index contributed by atoms with van der Waals surface area (Å²) in [4.78, 5) is 21.6. The number of pyridine rings is 1. The predicted octanol–water partition coefficient (Wildman–Crippen LogP) is 3.35. The number of nitrogens with zero attached hydrogens (tertiary/aromatic N) is 3. The molecule has 1 unspecified atom stereocenters. The van der Waals surface area contributed by atoms with E-state index in [-0.39, 0.29) is 5.91 Å². The van der Waals surface area contributed by atoms with Crippen LogP contribution in [0.4, 0.5) is 5.82 Å². The average Bonchev–Trinajstić information content (AvgIpc) is 3.23. The van der Waals surface area contributed by atoms with Gasteiger partial charge in [-0.1, -0.05) is 6.92 Å². The van der Waals surface area contributed by atoms with Crippen molar-refractivity contribution < 1.29 is 9.53 Å². The van der Waals surface area contributed by atoms with Crippen LogP contribution in [0.2, 0.25) is 0 Å². The van der Waals surface area contributed by atoms with Gasteiger partial charge in [0.05, 0.1) is 11.7 Å². The fourth-order valence-corrected chi connectivity index (χ4v) is 4.57. The highest BCUT2D eigenvalue weighted by Gasteiger charge is 2.30. The summed E-state index contributed by atoms with van der Waals surface area (Å²) in [6.45, 7) is 7.03. The Labute approximate surface area is 156 Å². The Hall–Kier alpha value is -1.62. The summed E-state index contributed by atoms with van der Waals surface area (Å²) in [7, 11) is 0. The first-order valence-corrected chi connectivity index (χ1v) is 10.3. The molecule has 4 rings (SSSR count). The summed E-state index contributed by atoms with van der Waals surface area (Å²) in [6.07, 6.45) is 9.28. The number of likely N-dealkylation sites (tertiary alicyclic amines) is 1. The molecule has 1 aromatic heterocycles. The van der Waals surface area contributed by atoms with Crippen molar-refractivity contribution in [1.82, 2.24) is 9.88 Å². The van der Waals surface area contributed by atoms with E-state index in [0.29, 0.717) is 12.0 Å². The smallest absolute Gasteiger partial charge is 0.255 e. The van der Waals surface area contributed by atoms with Crippen molar-refractivity contribution in [2.75, 3.05) is 37.7 Å². The van der Waals surface area contributed by atoms with E-state index in [4.69, 9.17) is 4.74 Å². The molecule has 4 heterocycles. The molecule has 3 fully saturated rings. The van der Waals surface area contributed by atoms with Gasteiger partial charge >= 0.3 is 0 Å². The average molecular weight is 357 g/mol. The second-order valence-corrected chi connectivity index (χ2v) is 8.26. The highest BCUT2D eigenvalue weighted by Crippen LogP contribution is 2.30. The van der Waals surface area contributed by atoms with Crippen molar-refractivity contribution in [3.8, 4) is 0 Å². The highest BCUT2D eigenvalue weighted by molar-refractivity contribution is 5.94. The number of ether oxygens (including phenoxy) is 1. The molecule has 3 saturated heterocycles. The van der Waals surface area contributed by atoms with Gasteiger partial charge in [-0.2, -0.15) is 0 Å². The lowest BCUT2D eigenvalue weighted by Gasteiger charge is -2.35. The van der Waals surface area contributed by atoms with Gasteiger partial charge in [0.15, 0.2) is 0 Å². The van der Waals surface area contributed by atoms with E-state index >= 15 is 0 Å². The molecule has 1 aromatic rings. The number of anilines is 1. The molecule has 3 aliphatic rings. The first-order chi connectivity index (χ1) is 12.7. The summed E-state index contributed by atoms with van der Waals surface area (Å²) in [5.41, 5.74) is 0.720. The number of aromatic nitrogens is 1. The fourth-order valence-electron chi connectivity index (χ4n) is 4.57. The highest BCUT2D eigenvalue weighted by atomic mass is 16.5. The maximum atomic E-state index is 12.6. The molecule has 5 nitrogen and oxygen atoms in total. The van der Waals surface area contributed by atoms with Crippen molar-refractivity contribution >= 4 is 11.7 Å². The van der Waals surface area contributed by atoms with Gasteiger partial charge in [0.1, 0.15) is 5.82 Å². The molecule has 5 heteroatoms. The van der Waals surface area contributed by atoms with Gasteiger partial charge in [0.2, 0.25) is 0 Å². The molecule has 1 atom stereocenters. The second-order valence-electron chi connectivity index (χ2n) is 8.26. The first kappa shape index (κ1) is 17.8. The van der Waals surface area contributed by atoms with Crippen molar-refractivity contribution in [2.24, 2.45) is 11.8 Å². The minimum Gasteiger partial charge on any atom is -0.378 e. The largest absolute Gasteiger partial charge is 0.378 e. The lowest BCUT2D eigenvalue weighted by molar-refractivity contribution is 0.0531. The number of hydrogen-bond acceptors (Lipinski definition) is 4. The van der Waals surface area contributed by atoms with Gasteiger partial charge in [0, 0.05) is 39.0 Å². The minimum atomic E-state index is 0.132. The molecule has 1 amide bonds. The number of carbonyl (C=O) groups is 1. The van der Waals surface area contributed by atoms with Gasteiger partial charge < -0.3 is 14.5 Å². The standard InChI is InChI=1S/C21H31N3O2/c1-16-6-10-24(11-7-16)21(25)18-4-5-20(22-15-18)23-12-8-17(9-13-23)19-3-2-14-26-19/h4-5,15-17,19H,2-3,6-14H2,1H3. The summed E-state index contributed by atoms with van der Waals surface area (Å²) >= 11 is 0. The molecule has 0 N–H and O–H groups in total. The number of amides is 1. The summed E-state index contributed by atoms with van der Waals surface area (Å²) < 4.78 is 5.86. The summed E-state index contributed by atoms with van der Waals surface area (Å²) in [5.74, 6) is 2.57. The fraction of sp³-hybridized carbons (Fsp3) is 0.714. The molecule has 3 aliphatic heterocycles. The molecule has 0 spiro atoms. The molecular formula is C21H31N3O2. The zero-order chi connectivity index (χ0) is 17.9. The van der Waals surface area contributed by atoms with E-state index in [1.54, 1.807) is 6.20 Å². The van der Waals surface area contributed by atoms with E-state index in [9.17, 15) is 4.79 Å². The van der Waals surface area contributed by atoms with Crippen LogP contribution in [-0.4, -0.2) is 54.7 Å². The van der Waals surface area contributed by atoms with Crippen LogP contribution in [-0.2, 0) is 4.74 Å². The zero-order valence-corrected chi connectivity index (χ0v) is 15.9. The van der Waals surface area contributed by atoms with Crippen LogP contribution in [0.3, 0.4) is 0 Å². The van der Waals surface area contributed by atoms with Crippen LogP contribution in [0.5, 0.6) is 0 Å². The Morgan fingerprint density at radius 1 is 1.08 bits per heavy atom. The van der Waals surface area contributed by atoms with Gasteiger partial charge in [0.25, 0.3) is 5.91 Å². The Kier molecular flexibility index (Phi) is 5.44. The van der Waals surface area contributed by atoms with Gasteiger partial charge in [-0.25, -0.2) is 4.98 Å². The van der Waals surface area contributed by atoms with Gasteiger partial charge in [-0.05, 0) is 62.5 Å². The zero-order valence-electron chi connectivity index (χ0n) is 15.9. The SMILES string of the molecule is CC1CCN(C(=O)c2ccc(N3CCC(C4CCCO4)CC3)nc2)CC1. The molecular weight excluding hydrogens is 326 g/mol. The maximum Gasteiger partial charge on any atom is 0.255 e. The van der Waals surface area contributed by atoms with Crippen molar-refractivity contribution in [2.45, 2.75) is 51.6 Å². The second kappa shape index (κ2) is 7.95. The Bertz CT molecular complexity index is 596. The Balaban J connectivity index is 1.32. The lowest BCUT2D eigenvalue weighted by atomic mass is 9.90. The van der Waals surface area contributed by atoms with E-state index in [2.05, 4.69) is 16.8 Å². The van der Waals surface area contributed by atoms with E-state index in [1.165, 1.54) is 25.7 Å². The topological polar surface area (TPSA) is 45.7 Å². The van der Waals surface area contributed by atoms with Crippen molar-refractivity contribution in [3.63, 3.8) is 0 Å². The van der Waals surface area contributed by atoms with Crippen LogP contribution >= 0.6 is 0 Å². The van der Waals surface area contributed by atoms with E-state index in [0.717, 1.165) is 62.9 Å². The molecule has 0 aliphatic carbocycles. The molecule has 0 radical (unpaired) electrons. The van der Waals surface area contributed by atoms with Crippen LogP contribution in [0.1, 0.15) is 55.8 Å². The quantitative estimate of drug-likeness (QED) is 0.832. The van der Waals surface area contributed by atoms with Crippen molar-refractivity contribution in [1.29, 1.82) is 0 Å². The molecule has 142 valence electrons. The predicted molar refractivity (Wildman–Crippen MR) is 102 cm³/mol. The monoisotopic (exact) mass is 357 g/mol. The number of piperidine rings is 2. The number of rotatable bonds is 3. The third-order valence-electron chi connectivity index (χ3n) is 6.42. The minimum absolute atomic E-state index is 0.132. The van der Waals surface area contributed by atoms with Crippen LogP contribution < -0.4 is 4.90 Å². The van der Waals surface area contributed by atoms with Gasteiger partial charge in [-0.3, -0.25) is 4.79 Å². The lowest BCUT2D eigenvalue weighted by Crippen LogP contribution is -2.39. The normalized spacial score (nSPS) is 25.7. The summed E-state index contributed by atoms with van der Waals surface area (Å²) in [5, 5.41) is 0. The van der Waals surface area contributed by atoms with Gasteiger partial charge in [-0.15, -0.1) is 0 Å². The Morgan fingerprint density at radius 2 is 1.85 bits per heavy atom. The number of hydrogen-bond donors (Lipinski definition) is 0. The first-order valence-electron chi connectivity index (χ1n) is 10.3. The van der Waals surface area contributed by atoms with Crippen LogP contribution in [0, 0.1) is 11.8 Å². The van der Waals surface area contributed by atoms with Crippen molar-refractivity contribution in [3.05, 3.63) is 23.9 Å². The molecule has 0 saturated carbocycles. The molecule has 26 heavy (non-hydrogen) atoms. The molecule has 0 bridgehead atoms. The summed E-state index contributed by atoms with van der Waals surface area (Å²) in [6, 6.07) is 3.97. The molecule has 0 aromatic carbocycles. The third kappa shape index (κ3) is 3.88. The van der Waals surface area contributed by atoms with E-state index < -0.39 is 0 Å². The third-order valence-corrected chi connectivity index (χ3v) is 6.42. The number of carbonyl (C=O) groups excluding carboxylic acids is 1. The van der Waals surface area contributed by atoms with E-state index in [1.807, 2.05) is 17.0 Å². The maximum absolute atomic E-state index is 12.6. The van der Waals surface area contributed by atoms with Crippen LogP contribution in [0.15, 0.2) is 18.3 Å². The van der Waals surface area contributed by atoms with Crippen LogP contribution in [0.25, 0.3) is 0 Å². The Morgan fingerprint density at radius 3 is 2.46 bits per heavy atom.